The summed E-state index contributed by atoms with van der Waals surface area (Å²) < 4.78 is 32.8. The largest absolute Gasteiger partial charge is 0.505 e. The molecule has 1 atom stereocenters. The molecule has 0 unspecified atom stereocenters. The predicted molar refractivity (Wildman–Crippen MR) is 105 cm³/mol. The number of ether oxygens (including phenoxy) is 1. The average Bonchev–Trinajstić information content (AvgIpc) is 2.97. The Hall–Kier alpha value is -2.63. The van der Waals surface area contributed by atoms with E-state index in [2.05, 4.69) is 0 Å². The molecule has 1 saturated carbocycles. The zero-order valence-corrected chi connectivity index (χ0v) is 16.4. The first-order valence-corrected chi connectivity index (χ1v) is 10.1. The van der Waals surface area contributed by atoms with Crippen LogP contribution in [0.5, 0.6) is 11.5 Å². The molecule has 154 valence electrons. The standard InChI is InChI=1S/C23H25F2NO3/c1-14(29-19-4-2-3-18(24)10-19)16-7-5-15(6-8-16)12-26-13-17-9-21(25)22(27)11-20(17)23(26)28/h2-4,9-11,14-16,27H,5-8,12-13H2,1H3/t14-,15?,16?/m0/s1. The average molecular weight is 401 g/mol. The molecule has 2 aromatic carbocycles. The van der Waals surface area contributed by atoms with Gasteiger partial charge in [0.1, 0.15) is 11.6 Å². The van der Waals surface area contributed by atoms with Gasteiger partial charge in [-0.15, -0.1) is 0 Å². The highest BCUT2D eigenvalue weighted by Gasteiger charge is 2.33. The van der Waals surface area contributed by atoms with Crippen LogP contribution in [0.15, 0.2) is 36.4 Å². The number of benzene rings is 2. The number of halogens is 2. The fourth-order valence-corrected chi connectivity index (χ4v) is 4.53. The second-order valence-electron chi connectivity index (χ2n) is 8.21. The molecule has 0 radical (unpaired) electrons. The van der Waals surface area contributed by atoms with Crippen LogP contribution >= 0.6 is 0 Å². The molecule has 0 aromatic heterocycles. The predicted octanol–water partition coefficient (Wildman–Crippen LogP) is 4.90. The van der Waals surface area contributed by atoms with Crippen LogP contribution in [0, 0.1) is 23.5 Å². The molecular formula is C23H25F2NO3. The number of phenols is 1. The second-order valence-corrected chi connectivity index (χ2v) is 8.21. The monoisotopic (exact) mass is 401 g/mol. The molecule has 6 heteroatoms. The summed E-state index contributed by atoms with van der Waals surface area (Å²) in [7, 11) is 0. The van der Waals surface area contributed by atoms with Crippen LogP contribution in [0.25, 0.3) is 0 Å². The zero-order chi connectivity index (χ0) is 20.5. The number of carbonyl (C=O) groups is 1. The summed E-state index contributed by atoms with van der Waals surface area (Å²) in [5.41, 5.74) is 1.03. The highest BCUT2D eigenvalue weighted by Crippen LogP contribution is 2.35. The normalized spacial score (nSPS) is 22.4. The summed E-state index contributed by atoms with van der Waals surface area (Å²) in [6.45, 7) is 3.06. The van der Waals surface area contributed by atoms with Gasteiger partial charge in [0.25, 0.3) is 5.91 Å². The van der Waals surface area contributed by atoms with E-state index in [-0.39, 0.29) is 17.8 Å². The van der Waals surface area contributed by atoms with Crippen molar-refractivity contribution in [2.24, 2.45) is 11.8 Å². The molecule has 1 amide bonds. The highest BCUT2D eigenvalue weighted by atomic mass is 19.1. The van der Waals surface area contributed by atoms with Crippen molar-refractivity contribution < 1.29 is 23.4 Å². The van der Waals surface area contributed by atoms with Gasteiger partial charge in [-0.05, 0) is 74.3 Å². The Balaban J connectivity index is 1.30. The minimum Gasteiger partial charge on any atom is -0.505 e. The molecule has 0 saturated heterocycles. The fourth-order valence-electron chi connectivity index (χ4n) is 4.53. The molecule has 1 aliphatic heterocycles. The van der Waals surface area contributed by atoms with E-state index in [0.29, 0.717) is 41.8 Å². The van der Waals surface area contributed by atoms with Crippen molar-refractivity contribution in [1.29, 1.82) is 0 Å². The second kappa shape index (κ2) is 8.01. The van der Waals surface area contributed by atoms with Gasteiger partial charge >= 0.3 is 0 Å². The fraction of sp³-hybridized carbons (Fsp3) is 0.435. The minimum absolute atomic E-state index is 0.00127. The Kier molecular flexibility index (Phi) is 5.43. The van der Waals surface area contributed by atoms with Crippen LogP contribution in [0.2, 0.25) is 0 Å². The lowest BCUT2D eigenvalue weighted by Crippen LogP contribution is -2.34. The molecule has 2 aromatic rings. The number of aromatic hydroxyl groups is 1. The van der Waals surface area contributed by atoms with Gasteiger partial charge in [0.2, 0.25) is 0 Å². The van der Waals surface area contributed by atoms with Crippen molar-refractivity contribution in [1.82, 2.24) is 4.90 Å². The lowest BCUT2D eigenvalue weighted by atomic mass is 9.79. The van der Waals surface area contributed by atoms with E-state index in [0.717, 1.165) is 25.7 Å². The molecule has 1 aliphatic carbocycles. The van der Waals surface area contributed by atoms with Crippen LogP contribution < -0.4 is 4.74 Å². The lowest BCUT2D eigenvalue weighted by molar-refractivity contribution is 0.0685. The summed E-state index contributed by atoms with van der Waals surface area (Å²) in [5, 5.41) is 9.53. The van der Waals surface area contributed by atoms with Crippen molar-refractivity contribution in [2.45, 2.75) is 45.3 Å². The number of fused-ring (bicyclic) bond motifs is 1. The zero-order valence-electron chi connectivity index (χ0n) is 16.4. The third-order valence-electron chi connectivity index (χ3n) is 6.20. The van der Waals surface area contributed by atoms with Crippen LogP contribution in [0.4, 0.5) is 8.78 Å². The van der Waals surface area contributed by atoms with Crippen molar-refractivity contribution in [3.63, 3.8) is 0 Å². The van der Waals surface area contributed by atoms with Gasteiger partial charge in [-0.3, -0.25) is 4.79 Å². The topological polar surface area (TPSA) is 49.8 Å². The Morgan fingerprint density at radius 2 is 1.93 bits per heavy atom. The van der Waals surface area contributed by atoms with E-state index >= 15 is 0 Å². The number of amides is 1. The Bertz CT molecular complexity index is 909. The number of phenolic OH excluding ortho intramolecular Hbond substituents is 1. The van der Waals surface area contributed by atoms with Gasteiger partial charge in [-0.25, -0.2) is 8.78 Å². The quantitative estimate of drug-likeness (QED) is 0.775. The smallest absolute Gasteiger partial charge is 0.254 e. The van der Waals surface area contributed by atoms with Gasteiger partial charge in [0.15, 0.2) is 11.6 Å². The Morgan fingerprint density at radius 1 is 1.17 bits per heavy atom. The van der Waals surface area contributed by atoms with Crippen LogP contribution in [-0.2, 0) is 6.54 Å². The van der Waals surface area contributed by atoms with Crippen molar-refractivity contribution in [2.75, 3.05) is 6.54 Å². The van der Waals surface area contributed by atoms with Crippen LogP contribution in [0.1, 0.15) is 48.5 Å². The van der Waals surface area contributed by atoms with Gasteiger partial charge in [-0.2, -0.15) is 0 Å². The third kappa shape index (κ3) is 4.21. The molecule has 29 heavy (non-hydrogen) atoms. The van der Waals surface area contributed by atoms with E-state index < -0.39 is 11.6 Å². The molecule has 1 heterocycles. The van der Waals surface area contributed by atoms with E-state index in [1.165, 1.54) is 24.3 Å². The minimum atomic E-state index is -0.689. The van der Waals surface area contributed by atoms with Gasteiger partial charge in [0, 0.05) is 24.7 Å². The molecule has 0 bridgehead atoms. The molecule has 4 nitrogen and oxygen atoms in total. The van der Waals surface area contributed by atoms with Gasteiger partial charge < -0.3 is 14.7 Å². The first-order chi connectivity index (χ1) is 13.9. The van der Waals surface area contributed by atoms with Crippen LogP contribution in [0.3, 0.4) is 0 Å². The number of rotatable bonds is 5. The number of hydrogen-bond acceptors (Lipinski definition) is 3. The van der Waals surface area contributed by atoms with Gasteiger partial charge in [0.05, 0.1) is 6.10 Å². The molecule has 4 rings (SSSR count). The maximum atomic E-state index is 13.6. The SMILES string of the molecule is C[C@H](Oc1cccc(F)c1)C1CCC(CN2Cc3cc(F)c(O)cc3C2=O)CC1. The van der Waals surface area contributed by atoms with Crippen molar-refractivity contribution in [3.05, 3.63) is 59.2 Å². The van der Waals surface area contributed by atoms with E-state index in [1.807, 2.05) is 6.92 Å². The maximum Gasteiger partial charge on any atom is 0.254 e. The summed E-state index contributed by atoms with van der Waals surface area (Å²) >= 11 is 0. The number of hydrogen-bond donors (Lipinski definition) is 1. The summed E-state index contributed by atoms with van der Waals surface area (Å²) in [4.78, 5) is 14.3. The molecule has 1 N–H and O–H groups in total. The van der Waals surface area contributed by atoms with Crippen molar-refractivity contribution >= 4 is 5.91 Å². The Morgan fingerprint density at radius 3 is 2.66 bits per heavy atom. The van der Waals surface area contributed by atoms with Crippen LogP contribution in [-0.4, -0.2) is 28.6 Å². The highest BCUT2D eigenvalue weighted by molar-refractivity contribution is 5.98. The summed E-state index contributed by atoms with van der Waals surface area (Å²) in [5.74, 6) is -0.270. The maximum absolute atomic E-state index is 13.6. The van der Waals surface area contributed by atoms with Crippen molar-refractivity contribution in [3.8, 4) is 11.5 Å². The van der Waals surface area contributed by atoms with E-state index in [1.54, 1.807) is 17.0 Å². The molecule has 1 fully saturated rings. The lowest BCUT2D eigenvalue weighted by Gasteiger charge is -2.34. The molecule has 2 aliphatic rings. The number of nitrogens with zero attached hydrogens (tertiary/aromatic N) is 1. The Labute approximate surface area is 169 Å². The summed E-state index contributed by atoms with van der Waals surface area (Å²) in [6, 6.07) is 8.70. The van der Waals surface area contributed by atoms with E-state index in [9.17, 15) is 18.7 Å². The van der Waals surface area contributed by atoms with Gasteiger partial charge in [-0.1, -0.05) is 6.07 Å². The first-order valence-electron chi connectivity index (χ1n) is 10.1. The number of carbonyl (C=O) groups excluding carboxylic acids is 1. The van der Waals surface area contributed by atoms with E-state index in [4.69, 9.17) is 4.74 Å². The summed E-state index contributed by atoms with van der Waals surface area (Å²) in [6.07, 6.45) is 3.96. The first kappa shape index (κ1) is 19.7. The third-order valence-corrected chi connectivity index (χ3v) is 6.20. The molecular weight excluding hydrogens is 376 g/mol. The molecule has 0 spiro atoms.